The molecule has 4 heterocycles. The number of nitrogens with one attached hydrogen (secondary N) is 2. The van der Waals surface area contributed by atoms with Gasteiger partial charge in [-0.2, -0.15) is 0 Å². The van der Waals surface area contributed by atoms with Gasteiger partial charge in [-0.3, -0.25) is 9.69 Å². The third-order valence-corrected chi connectivity index (χ3v) is 9.40. The average molecular weight is 663 g/mol. The van der Waals surface area contributed by atoms with E-state index in [-0.39, 0.29) is 29.5 Å². The molecule has 0 saturated carbocycles. The van der Waals surface area contributed by atoms with E-state index in [4.69, 9.17) is 14.7 Å². The maximum atomic E-state index is 13.4. The number of likely N-dealkylation sites (tertiary alicyclic amines) is 2. The van der Waals surface area contributed by atoms with Crippen molar-refractivity contribution in [2.24, 2.45) is 11.3 Å². The summed E-state index contributed by atoms with van der Waals surface area (Å²) in [7, 11) is 0. The summed E-state index contributed by atoms with van der Waals surface area (Å²) in [5, 5.41) is 0. The number of ether oxygens (including phenoxy) is 1. The van der Waals surface area contributed by atoms with Crippen molar-refractivity contribution in [1.29, 1.82) is 0 Å². The van der Waals surface area contributed by atoms with Crippen LogP contribution in [0.3, 0.4) is 0 Å². The van der Waals surface area contributed by atoms with Gasteiger partial charge in [-0.25, -0.2) is 14.8 Å². The van der Waals surface area contributed by atoms with Crippen molar-refractivity contribution in [2.75, 3.05) is 13.1 Å². The highest BCUT2D eigenvalue weighted by molar-refractivity contribution is 5.78. The van der Waals surface area contributed by atoms with Gasteiger partial charge in [0.25, 0.3) is 0 Å². The molecule has 2 fully saturated rings. The zero-order chi connectivity index (χ0) is 34.9. The molecule has 2 aliphatic rings. The van der Waals surface area contributed by atoms with Crippen LogP contribution >= 0.6 is 0 Å². The van der Waals surface area contributed by atoms with Gasteiger partial charge in [0.15, 0.2) is 0 Å². The quantitative estimate of drug-likeness (QED) is 0.208. The first-order valence-electron chi connectivity index (χ1n) is 17.7. The molecule has 9 nitrogen and oxygen atoms in total. The largest absolute Gasteiger partial charge is 0.444 e. The fourth-order valence-electron chi connectivity index (χ4n) is 7.07. The highest BCUT2D eigenvalue weighted by Crippen LogP contribution is 2.39. The van der Waals surface area contributed by atoms with E-state index >= 15 is 0 Å². The number of fused-ring (bicyclic) bond motifs is 1. The highest BCUT2D eigenvalue weighted by Gasteiger charge is 2.38. The standard InChI is InChI=1S/C40H50N6O3/c1-8-28-11-9-22-46(34(47)24-39(2,3)4)35(28)37-41-25-32(44-37)29-18-15-26(16-19-29)13-14-27-17-20-30-31(23-27)43-36(42-30)33-12-10-21-45(33)38(48)49-40(5,6)7/h15-20,23,25,28,33,35H,8-12,21-22,24H2,1-7H3,(H,41,44)(H,42,43)/t28-,33+,35?/m1/s1. The number of piperidine rings is 1. The average Bonchev–Trinajstić information content (AvgIpc) is 3.81. The normalized spacial score (nSPS) is 19.9. The van der Waals surface area contributed by atoms with Crippen LogP contribution in [0.15, 0.2) is 48.7 Å². The van der Waals surface area contributed by atoms with Crippen molar-refractivity contribution in [2.45, 2.75) is 105 Å². The SMILES string of the molecule is CC[C@@H]1CCCN(C(=O)CC(C)(C)C)C1c1ncc(-c2ccc(C#Cc3ccc4nc([C@@H]5CCCN5C(=O)OC(C)(C)C)[nH]c4c3)cc2)[nH]1. The van der Waals surface area contributed by atoms with Crippen LogP contribution in [0, 0.1) is 23.2 Å². The van der Waals surface area contributed by atoms with Crippen LogP contribution in [0.1, 0.15) is 122 Å². The molecule has 258 valence electrons. The summed E-state index contributed by atoms with van der Waals surface area (Å²) in [5.41, 5.74) is 4.89. The Morgan fingerprint density at radius 3 is 2.31 bits per heavy atom. The molecule has 2 amide bonds. The van der Waals surface area contributed by atoms with E-state index in [1.807, 2.05) is 57.3 Å². The molecule has 2 aromatic heterocycles. The molecule has 0 aliphatic carbocycles. The number of benzene rings is 2. The summed E-state index contributed by atoms with van der Waals surface area (Å²) in [6.07, 6.45) is 7.02. The lowest BCUT2D eigenvalue weighted by molar-refractivity contribution is -0.139. The van der Waals surface area contributed by atoms with E-state index in [2.05, 4.69) is 66.5 Å². The number of nitrogens with zero attached hydrogens (tertiary/aromatic N) is 4. The number of amides is 2. The topological polar surface area (TPSA) is 107 Å². The van der Waals surface area contributed by atoms with Gasteiger partial charge in [0.2, 0.25) is 5.91 Å². The maximum absolute atomic E-state index is 13.4. The van der Waals surface area contributed by atoms with Crippen molar-refractivity contribution in [3.8, 4) is 23.1 Å². The predicted octanol–water partition coefficient (Wildman–Crippen LogP) is 8.55. The van der Waals surface area contributed by atoms with Gasteiger partial charge in [0.05, 0.1) is 35.0 Å². The molecule has 49 heavy (non-hydrogen) atoms. The summed E-state index contributed by atoms with van der Waals surface area (Å²) in [5.74, 6) is 8.83. The Morgan fingerprint density at radius 1 is 0.898 bits per heavy atom. The second-order valence-electron chi connectivity index (χ2n) is 15.8. The molecule has 6 rings (SSSR count). The lowest BCUT2D eigenvalue weighted by atomic mass is 9.84. The van der Waals surface area contributed by atoms with Gasteiger partial charge in [0.1, 0.15) is 17.2 Å². The van der Waals surface area contributed by atoms with Gasteiger partial charge >= 0.3 is 6.09 Å². The fourth-order valence-corrected chi connectivity index (χ4v) is 7.07. The van der Waals surface area contributed by atoms with Gasteiger partial charge in [-0.15, -0.1) is 0 Å². The summed E-state index contributed by atoms with van der Waals surface area (Å²) in [4.78, 5) is 46.7. The van der Waals surface area contributed by atoms with Crippen molar-refractivity contribution < 1.29 is 14.3 Å². The summed E-state index contributed by atoms with van der Waals surface area (Å²) in [6.45, 7) is 15.7. The van der Waals surface area contributed by atoms with E-state index < -0.39 is 5.60 Å². The number of H-pyrrole nitrogens is 2. The Hall–Kier alpha value is -4.58. The Bertz CT molecular complexity index is 1860. The zero-order valence-corrected chi connectivity index (χ0v) is 30.0. The van der Waals surface area contributed by atoms with Crippen LogP contribution in [0.25, 0.3) is 22.3 Å². The fraction of sp³-hybridized carbons (Fsp3) is 0.500. The first-order chi connectivity index (χ1) is 23.3. The molecule has 3 atom stereocenters. The predicted molar refractivity (Wildman–Crippen MR) is 193 cm³/mol. The summed E-state index contributed by atoms with van der Waals surface area (Å²) >= 11 is 0. The monoisotopic (exact) mass is 662 g/mol. The zero-order valence-electron chi connectivity index (χ0n) is 30.0. The molecule has 1 unspecified atom stereocenters. The molecular weight excluding hydrogens is 612 g/mol. The van der Waals surface area contributed by atoms with Crippen molar-refractivity contribution in [1.82, 2.24) is 29.7 Å². The van der Waals surface area contributed by atoms with E-state index in [9.17, 15) is 9.59 Å². The number of aromatic nitrogens is 4. The van der Waals surface area contributed by atoms with Crippen molar-refractivity contribution in [3.05, 3.63) is 71.4 Å². The van der Waals surface area contributed by atoms with Crippen LogP contribution in [0.4, 0.5) is 4.79 Å². The molecule has 0 radical (unpaired) electrons. The van der Waals surface area contributed by atoms with Gasteiger partial charge < -0.3 is 19.6 Å². The number of hydrogen-bond donors (Lipinski definition) is 2. The first kappa shape index (κ1) is 34.3. The Kier molecular flexibility index (Phi) is 9.61. The minimum Gasteiger partial charge on any atom is -0.444 e. The molecule has 0 bridgehead atoms. The van der Waals surface area contributed by atoms with Crippen LogP contribution in [-0.2, 0) is 9.53 Å². The number of imidazole rings is 2. The molecule has 2 aromatic carbocycles. The molecule has 2 saturated heterocycles. The second-order valence-corrected chi connectivity index (χ2v) is 15.8. The van der Waals surface area contributed by atoms with E-state index in [0.29, 0.717) is 18.9 Å². The lowest BCUT2D eigenvalue weighted by Crippen LogP contribution is -2.44. The Balaban J connectivity index is 1.15. The maximum Gasteiger partial charge on any atom is 0.410 e. The number of rotatable bonds is 5. The van der Waals surface area contributed by atoms with Gasteiger partial charge in [-0.05, 0) is 93.7 Å². The summed E-state index contributed by atoms with van der Waals surface area (Å²) < 4.78 is 5.64. The molecule has 4 aromatic rings. The number of carbonyl (C=O) groups excluding carboxylic acids is 2. The van der Waals surface area contributed by atoms with Crippen LogP contribution in [0.2, 0.25) is 0 Å². The number of hydrogen-bond acceptors (Lipinski definition) is 5. The van der Waals surface area contributed by atoms with E-state index in [1.165, 1.54) is 0 Å². The van der Waals surface area contributed by atoms with Crippen LogP contribution in [-0.4, -0.2) is 60.4 Å². The lowest BCUT2D eigenvalue weighted by Gasteiger charge is -2.41. The second kappa shape index (κ2) is 13.7. The van der Waals surface area contributed by atoms with Gasteiger partial charge in [0, 0.05) is 30.6 Å². The van der Waals surface area contributed by atoms with Crippen molar-refractivity contribution in [3.63, 3.8) is 0 Å². The Morgan fingerprint density at radius 2 is 1.59 bits per heavy atom. The smallest absolute Gasteiger partial charge is 0.410 e. The third kappa shape index (κ3) is 8.01. The number of aromatic amines is 2. The van der Waals surface area contributed by atoms with Crippen LogP contribution < -0.4 is 0 Å². The van der Waals surface area contributed by atoms with Gasteiger partial charge in [-0.1, -0.05) is 58.1 Å². The molecule has 0 spiro atoms. The minimum atomic E-state index is -0.543. The highest BCUT2D eigenvalue weighted by atomic mass is 16.6. The number of carbonyl (C=O) groups is 2. The molecule has 2 aliphatic heterocycles. The Labute approximate surface area is 290 Å². The van der Waals surface area contributed by atoms with Crippen molar-refractivity contribution >= 4 is 23.0 Å². The summed E-state index contributed by atoms with van der Waals surface area (Å²) in [6, 6.07) is 14.0. The molecule has 2 N–H and O–H groups in total. The molecular formula is C40H50N6O3. The van der Waals surface area contributed by atoms with E-state index in [1.54, 1.807) is 4.90 Å². The minimum absolute atomic E-state index is 0.0298. The molecule has 9 heteroatoms. The van der Waals surface area contributed by atoms with E-state index in [0.717, 1.165) is 83.7 Å². The van der Waals surface area contributed by atoms with Crippen LogP contribution in [0.5, 0.6) is 0 Å². The first-order valence-corrected chi connectivity index (χ1v) is 17.7. The third-order valence-electron chi connectivity index (χ3n) is 9.40.